The van der Waals surface area contributed by atoms with Gasteiger partial charge in [-0.3, -0.25) is 15.6 Å². The van der Waals surface area contributed by atoms with Gasteiger partial charge >= 0.3 is 0 Å². The molecule has 3 aromatic carbocycles. The Labute approximate surface area is 161 Å². The van der Waals surface area contributed by atoms with Crippen molar-refractivity contribution in [3.05, 3.63) is 71.8 Å². The minimum atomic E-state index is -0.349. The van der Waals surface area contributed by atoms with Crippen LogP contribution in [0.15, 0.2) is 66.7 Å². The van der Waals surface area contributed by atoms with Crippen molar-refractivity contribution in [2.45, 2.75) is 0 Å². The average Bonchev–Trinajstić information content (AvgIpc) is 2.66. The number of carbonyl (C=O) groups excluding carboxylic acids is 1. The predicted molar refractivity (Wildman–Crippen MR) is 108 cm³/mol. The summed E-state index contributed by atoms with van der Waals surface area (Å²) >= 11 is 10.9. The third-order valence-corrected chi connectivity index (χ3v) is 3.96. The van der Waals surface area contributed by atoms with E-state index in [1.807, 2.05) is 42.5 Å². The van der Waals surface area contributed by atoms with Gasteiger partial charge < -0.3 is 10.1 Å². The number of benzene rings is 3. The molecular formula is C19H16ClN3O2S. The second-order valence-corrected chi connectivity index (χ2v) is 6.28. The van der Waals surface area contributed by atoms with Crippen LogP contribution in [-0.2, 0) is 4.79 Å². The van der Waals surface area contributed by atoms with E-state index in [9.17, 15) is 4.79 Å². The normalized spacial score (nSPS) is 10.2. The molecule has 0 saturated heterocycles. The van der Waals surface area contributed by atoms with Gasteiger partial charge in [-0.1, -0.05) is 41.9 Å². The van der Waals surface area contributed by atoms with Crippen molar-refractivity contribution >= 4 is 51.3 Å². The number of hydrazine groups is 1. The molecule has 0 saturated carbocycles. The number of amides is 1. The van der Waals surface area contributed by atoms with E-state index >= 15 is 0 Å². The third-order valence-electron chi connectivity index (χ3n) is 3.51. The first-order valence-corrected chi connectivity index (χ1v) is 8.62. The SMILES string of the molecule is O=C(COc1ccc2ccccc2c1)NNC(=S)Nc1ccc(Cl)cc1. The molecule has 1 amide bonds. The fourth-order valence-electron chi connectivity index (χ4n) is 2.26. The van der Waals surface area contributed by atoms with Crippen LogP contribution in [0, 0.1) is 0 Å². The van der Waals surface area contributed by atoms with E-state index < -0.39 is 0 Å². The number of thiocarbonyl (C=S) groups is 1. The number of anilines is 1. The van der Waals surface area contributed by atoms with Crippen LogP contribution in [-0.4, -0.2) is 17.6 Å². The van der Waals surface area contributed by atoms with Gasteiger partial charge in [-0.15, -0.1) is 0 Å². The van der Waals surface area contributed by atoms with Gasteiger partial charge in [0.2, 0.25) is 0 Å². The fraction of sp³-hybridized carbons (Fsp3) is 0.0526. The molecule has 132 valence electrons. The molecule has 0 fully saturated rings. The molecule has 0 atom stereocenters. The third kappa shape index (κ3) is 5.08. The first kappa shape index (κ1) is 18.0. The van der Waals surface area contributed by atoms with Crippen LogP contribution in [0.2, 0.25) is 5.02 Å². The molecule has 0 aliphatic rings. The van der Waals surface area contributed by atoms with Crippen molar-refractivity contribution in [1.82, 2.24) is 10.9 Å². The summed E-state index contributed by atoms with van der Waals surface area (Å²) in [5.41, 5.74) is 5.85. The van der Waals surface area contributed by atoms with Crippen molar-refractivity contribution in [2.24, 2.45) is 0 Å². The number of hydrogen-bond donors (Lipinski definition) is 3. The zero-order valence-electron chi connectivity index (χ0n) is 13.7. The van der Waals surface area contributed by atoms with Crippen molar-refractivity contribution < 1.29 is 9.53 Å². The highest BCUT2D eigenvalue weighted by Gasteiger charge is 2.05. The van der Waals surface area contributed by atoms with Crippen molar-refractivity contribution in [2.75, 3.05) is 11.9 Å². The number of fused-ring (bicyclic) bond motifs is 1. The summed E-state index contributed by atoms with van der Waals surface area (Å²) in [5.74, 6) is 0.277. The molecule has 0 unspecified atom stereocenters. The summed E-state index contributed by atoms with van der Waals surface area (Å²) in [5, 5.41) is 5.98. The molecule has 0 aliphatic heterocycles. The molecule has 26 heavy (non-hydrogen) atoms. The monoisotopic (exact) mass is 385 g/mol. The standard InChI is InChI=1S/C19H16ClN3O2S/c20-15-6-8-16(9-7-15)21-19(26)23-22-18(24)12-25-17-10-5-13-3-1-2-4-14(13)11-17/h1-11H,12H2,(H,22,24)(H2,21,23,26). The summed E-state index contributed by atoms with van der Waals surface area (Å²) in [6.45, 7) is -0.130. The second-order valence-electron chi connectivity index (χ2n) is 5.43. The molecule has 3 N–H and O–H groups in total. The van der Waals surface area contributed by atoms with Crippen LogP contribution >= 0.6 is 23.8 Å². The first-order valence-electron chi connectivity index (χ1n) is 7.83. The Morgan fingerprint density at radius 1 is 0.962 bits per heavy atom. The van der Waals surface area contributed by atoms with Gasteiger partial charge in [0.05, 0.1) is 0 Å². The Balaban J connectivity index is 1.44. The van der Waals surface area contributed by atoms with Gasteiger partial charge in [0.1, 0.15) is 5.75 Å². The quantitative estimate of drug-likeness (QED) is 0.470. The highest BCUT2D eigenvalue weighted by Crippen LogP contribution is 2.20. The Morgan fingerprint density at radius 3 is 2.46 bits per heavy atom. The van der Waals surface area contributed by atoms with Gasteiger partial charge in [0.15, 0.2) is 11.7 Å². The van der Waals surface area contributed by atoms with Gasteiger partial charge in [0, 0.05) is 10.7 Å². The maximum Gasteiger partial charge on any atom is 0.276 e. The number of ether oxygens (including phenoxy) is 1. The molecular weight excluding hydrogens is 370 g/mol. The molecule has 5 nitrogen and oxygen atoms in total. The molecule has 3 rings (SSSR count). The lowest BCUT2D eigenvalue weighted by atomic mass is 10.1. The van der Waals surface area contributed by atoms with Crippen LogP contribution < -0.4 is 20.9 Å². The minimum absolute atomic E-state index is 0.130. The summed E-state index contributed by atoms with van der Waals surface area (Å²) < 4.78 is 5.51. The zero-order chi connectivity index (χ0) is 18.4. The Bertz CT molecular complexity index is 931. The van der Waals surface area contributed by atoms with Gasteiger partial charge in [-0.05, 0) is 59.4 Å². The lowest BCUT2D eigenvalue weighted by Gasteiger charge is -2.12. The van der Waals surface area contributed by atoms with E-state index in [0.29, 0.717) is 10.8 Å². The van der Waals surface area contributed by atoms with E-state index in [0.717, 1.165) is 16.5 Å². The van der Waals surface area contributed by atoms with Crippen LogP contribution in [0.3, 0.4) is 0 Å². The van der Waals surface area contributed by atoms with Crippen LogP contribution in [0.4, 0.5) is 5.69 Å². The van der Waals surface area contributed by atoms with Crippen molar-refractivity contribution in [3.8, 4) is 5.75 Å². The number of carbonyl (C=O) groups is 1. The number of rotatable bonds is 4. The molecule has 0 aromatic heterocycles. The Hall–Kier alpha value is -2.83. The zero-order valence-corrected chi connectivity index (χ0v) is 15.2. The summed E-state index contributed by atoms with van der Waals surface area (Å²) in [4.78, 5) is 11.9. The van der Waals surface area contributed by atoms with Crippen LogP contribution in [0.25, 0.3) is 10.8 Å². The van der Waals surface area contributed by atoms with Crippen LogP contribution in [0.1, 0.15) is 0 Å². The molecule has 3 aromatic rings. The maximum atomic E-state index is 11.9. The fourth-order valence-corrected chi connectivity index (χ4v) is 2.56. The van der Waals surface area contributed by atoms with Crippen molar-refractivity contribution in [1.29, 1.82) is 0 Å². The molecule has 0 spiro atoms. The molecule has 7 heteroatoms. The Morgan fingerprint density at radius 2 is 1.69 bits per heavy atom. The highest BCUT2D eigenvalue weighted by atomic mass is 35.5. The summed E-state index contributed by atoms with van der Waals surface area (Å²) in [6, 6.07) is 20.6. The lowest BCUT2D eigenvalue weighted by Crippen LogP contribution is -2.45. The average molecular weight is 386 g/mol. The highest BCUT2D eigenvalue weighted by molar-refractivity contribution is 7.80. The molecule has 0 bridgehead atoms. The number of halogens is 1. The number of nitrogens with one attached hydrogen (secondary N) is 3. The maximum absolute atomic E-state index is 11.9. The van der Waals surface area contributed by atoms with Gasteiger partial charge in [-0.25, -0.2) is 0 Å². The summed E-state index contributed by atoms with van der Waals surface area (Å²) in [6.07, 6.45) is 0. The first-order chi connectivity index (χ1) is 12.6. The topological polar surface area (TPSA) is 62.4 Å². The molecule has 0 aliphatic carbocycles. The van der Waals surface area contributed by atoms with Gasteiger partial charge in [-0.2, -0.15) is 0 Å². The Kier molecular flexibility index (Phi) is 5.88. The smallest absolute Gasteiger partial charge is 0.276 e. The van der Waals surface area contributed by atoms with E-state index in [1.165, 1.54) is 0 Å². The number of hydrogen-bond acceptors (Lipinski definition) is 3. The molecule has 0 radical (unpaired) electrons. The van der Waals surface area contributed by atoms with E-state index in [4.69, 9.17) is 28.6 Å². The van der Waals surface area contributed by atoms with E-state index in [-0.39, 0.29) is 17.6 Å². The van der Waals surface area contributed by atoms with E-state index in [1.54, 1.807) is 24.3 Å². The van der Waals surface area contributed by atoms with Crippen LogP contribution in [0.5, 0.6) is 5.75 Å². The largest absolute Gasteiger partial charge is 0.484 e. The van der Waals surface area contributed by atoms with Gasteiger partial charge in [0.25, 0.3) is 5.91 Å². The lowest BCUT2D eigenvalue weighted by molar-refractivity contribution is -0.123. The van der Waals surface area contributed by atoms with E-state index in [2.05, 4.69) is 16.2 Å². The molecule has 0 heterocycles. The van der Waals surface area contributed by atoms with Crippen molar-refractivity contribution in [3.63, 3.8) is 0 Å². The minimum Gasteiger partial charge on any atom is -0.484 e. The summed E-state index contributed by atoms with van der Waals surface area (Å²) in [7, 11) is 0. The predicted octanol–water partition coefficient (Wildman–Crippen LogP) is 3.89. The second kappa shape index (κ2) is 8.51.